The zero-order valence-corrected chi connectivity index (χ0v) is 42.3. The van der Waals surface area contributed by atoms with Crippen molar-refractivity contribution in [3.05, 3.63) is 42.0 Å². The summed E-state index contributed by atoms with van der Waals surface area (Å²) in [6.07, 6.45) is 1.48. The molecule has 1 aromatic heterocycles. The molecule has 3 heterocycles. The molecule has 0 radical (unpaired) electrons. The van der Waals surface area contributed by atoms with Gasteiger partial charge in [0.25, 0.3) is 0 Å². The molecule has 74 heavy (non-hydrogen) atoms. The molecule has 2 saturated heterocycles. The molecule has 2 aliphatic heterocycles. The van der Waals surface area contributed by atoms with Gasteiger partial charge in [-0.2, -0.15) is 0 Å². The standard InChI is InChI=1S/C49H73N9O16/c1-35(2)39-29-40(42(60)30-41(39)59)48-51-52-49(69)58(48)36-3-5-37(6-4-36)74-38-7-11-57(12-8-38)44(62)9-21-70-23-25-72-27-28-73-26-24-71-22-10-50-43(61)31-53-13-15-54(32-45(63)64)17-19-56(34-47(67)68)20-18-55(16-14-53)33-46(65)66/h3-6,29-30,35,38,59-60H,7-28,31-34H2,1-2H3,(H,50,61)(H,52,69)(H,63,64)(H,65,66)(H,67,68). The average molecular weight is 1040 g/mol. The van der Waals surface area contributed by atoms with Gasteiger partial charge in [0.15, 0.2) is 5.82 Å². The Labute approximate surface area is 430 Å². The van der Waals surface area contributed by atoms with Gasteiger partial charge in [-0.1, -0.05) is 18.9 Å². The van der Waals surface area contributed by atoms with Crippen molar-refractivity contribution < 1.29 is 78.3 Å². The Kier molecular flexibility index (Phi) is 24.5. The Balaban J connectivity index is 0.873. The predicted molar refractivity (Wildman–Crippen MR) is 266 cm³/mol. The molecular formula is C49H73N9O16. The van der Waals surface area contributed by atoms with E-state index in [4.69, 9.17) is 23.7 Å². The fourth-order valence-corrected chi connectivity index (χ4v) is 8.40. The number of nitrogens with one attached hydrogen (secondary N) is 1. The van der Waals surface area contributed by atoms with Gasteiger partial charge < -0.3 is 64.5 Å². The van der Waals surface area contributed by atoms with E-state index >= 15 is 0 Å². The van der Waals surface area contributed by atoms with Crippen molar-refractivity contribution >= 4 is 29.7 Å². The summed E-state index contributed by atoms with van der Waals surface area (Å²) >= 11 is 0. The average Bonchev–Trinajstić information content (AvgIpc) is 3.73. The number of phenols is 2. The summed E-state index contributed by atoms with van der Waals surface area (Å²) in [7, 11) is 0. The fourth-order valence-electron chi connectivity index (χ4n) is 8.40. The van der Waals surface area contributed by atoms with Crippen LogP contribution in [-0.2, 0) is 42.9 Å². The smallest absolute Gasteiger partial charge is 0.319 e. The molecule has 0 unspecified atom stereocenters. The minimum absolute atomic E-state index is 0.00648. The highest BCUT2D eigenvalue weighted by molar-refractivity contribution is 5.78. The number of hydrogen-bond acceptors (Lipinski definition) is 19. The number of benzene rings is 2. The van der Waals surface area contributed by atoms with Crippen LogP contribution >= 0.6 is 0 Å². The third-order valence-electron chi connectivity index (χ3n) is 12.4. The summed E-state index contributed by atoms with van der Waals surface area (Å²) in [6.45, 7) is 9.43. The van der Waals surface area contributed by atoms with Gasteiger partial charge in [-0.15, -0.1) is 5.10 Å². The molecule has 3 aromatic rings. The maximum Gasteiger partial charge on any atom is 0.319 e. The molecule has 2 aromatic carbocycles. The summed E-state index contributed by atoms with van der Waals surface area (Å²) in [5, 5.41) is 70.4. The third kappa shape index (κ3) is 20.3. The van der Waals surface area contributed by atoms with Gasteiger partial charge in [-0.05, 0) is 41.8 Å². The molecule has 0 aliphatic carbocycles. The molecule has 5 rings (SSSR count). The van der Waals surface area contributed by atoms with Gasteiger partial charge in [-0.25, -0.2) is 4.57 Å². The van der Waals surface area contributed by atoms with E-state index in [0.29, 0.717) is 127 Å². The molecule has 0 bridgehead atoms. The monoisotopic (exact) mass is 1040 g/mol. The van der Waals surface area contributed by atoms with Crippen LogP contribution in [0.4, 0.5) is 0 Å². The molecular weight excluding hydrogens is 971 g/mol. The summed E-state index contributed by atoms with van der Waals surface area (Å²) < 4.78 is 29.9. The number of nitrogens with zero attached hydrogens (tertiary/aromatic N) is 8. The van der Waals surface area contributed by atoms with Crippen molar-refractivity contribution in [2.75, 3.05) is 151 Å². The normalized spacial score (nSPS) is 16.2. The summed E-state index contributed by atoms with van der Waals surface area (Å²) in [6, 6.07) is 9.55. The topological polar surface area (TPSA) is 312 Å². The largest absolute Gasteiger partial charge is 0.508 e. The second-order valence-corrected chi connectivity index (χ2v) is 18.3. The van der Waals surface area contributed by atoms with E-state index in [1.54, 1.807) is 45.0 Å². The van der Waals surface area contributed by atoms with Crippen LogP contribution < -0.4 is 10.1 Å². The van der Waals surface area contributed by atoms with Crippen LogP contribution in [0, 0.1) is 0 Å². The van der Waals surface area contributed by atoms with Crippen LogP contribution in [0.25, 0.3) is 17.1 Å². The number of carbonyl (C=O) groups excluding carboxylic acids is 2. The van der Waals surface area contributed by atoms with Crippen molar-refractivity contribution in [1.82, 2.24) is 44.6 Å². The molecule has 410 valence electrons. The zero-order valence-electron chi connectivity index (χ0n) is 42.3. The molecule has 2 aliphatic rings. The number of likely N-dealkylation sites (tertiary alicyclic amines) is 1. The lowest BCUT2D eigenvalue weighted by Crippen LogP contribution is -2.50. The van der Waals surface area contributed by atoms with E-state index < -0.39 is 17.9 Å². The van der Waals surface area contributed by atoms with E-state index in [1.165, 1.54) is 10.6 Å². The Morgan fingerprint density at radius 1 is 0.608 bits per heavy atom. The van der Waals surface area contributed by atoms with E-state index in [9.17, 15) is 54.6 Å². The van der Waals surface area contributed by atoms with E-state index in [2.05, 4.69) is 15.5 Å². The molecule has 0 spiro atoms. The number of carboxylic acids is 3. The van der Waals surface area contributed by atoms with Gasteiger partial charge in [0.05, 0.1) is 96.7 Å². The lowest BCUT2D eigenvalue weighted by atomic mass is 9.98. The second kappa shape index (κ2) is 30.9. The van der Waals surface area contributed by atoms with Crippen molar-refractivity contribution in [1.29, 1.82) is 0 Å². The van der Waals surface area contributed by atoms with Crippen molar-refractivity contribution in [3.63, 3.8) is 0 Å². The van der Waals surface area contributed by atoms with Gasteiger partial charge in [0.2, 0.25) is 11.8 Å². The van der Waals surface area contributed by atoms with E-state index in [-0.39, 0.29) is 113 Å². The summed E-state index contributed by atoms with van der Waals surface area (Å²) in [4.78, 5) is 68.9. The fraction of sp³-hybridized carbons (Fsp3) is 0.612. The number of rotatable bonds is 28. The molecule has 25 heteroatoms. The highest BCUT2D eigenvalue weighted by atomic mass is 16.6. The molecule has 0 atom stereocenters. The number of aromatic nitrogens is 3. The molecule has 2 amide bonds. The number of hydrogen-bond donors (Lipinski definition) is 7. The summed E-state index contributed by atoms with van der Waals surface area (Å²) in [5.41, 5.74) is 1.46. The van der Waals surface area contributed by atoms with Crippen molar-refractivity contribution in [3.8, 4) is 40.3 Å². The Morgan fingerprint density at radius 2 is 1.08 bits per heavy atom. The maximum atomic E-state index is 12.9. The third-order valence-corrected chi connectivity index (χ3v) is 12.4. The summed E-state index contributed by atoms with van der Waals surface area (Å²) in [5.74, 6) is -2.77. The first-order valence-corrected chi connectivity index (χ1v) is 24.9. The SMILES string of the molecule is CC(C)c1cc(-c2nnc(O)n2-c2ccc(OC3CCN(C(=O)CCOCCOCCOCCOCCNC(=O)CN4CCN(CC(=O)O)CCN(CC(=O)O)CCN(CC(=O)O)CC4)CC3)cc2)c(O)cc1O. The van der Waals surface area contributed by atoms with Crippen LogP contribution in [0.5, 0.6) is 23.3 Å². The van der Waals surface area contributed by atoms with Crippen LogP contribution in [0.15, 0.2) is 36.4 Å². The van der Waals surface area contributed by atoms with Gasteiger partial charge in [0.1, 0.15) is 23.4 Å². The van der Waals surface area contributed by atoms with Crippen LogP contribution in [-0.4, -0.2) is 257 Å². The number of carbonyl (C=O) groups is 5. The molecule has 7 N–H and O–H groups in total. The lowest BCUT2D eigenvalue weighted by Gasteiger charge is -2.32. The van der Waals surface area contributed by atoms with Crippen LogP contribution in [0.2, 0.25) is 0 Å². The van der Waals surface area contributed by atoms with Gasteiger partial charge in [-0.3, -0.25) is 43.6 Å². The number of piperidine rings is 1. The highest BCUT2D eigenvalue weighted by Crippen LogP contribution is 2.39. The lowest BCUT2D eigenvalue weighted by molar-refractivity contribution is -0.140. The van der Waals surface area contributed by atoms with Crippen LogP contribution in [0.1, 0.15) is 44.6 Å². The van der Waals surface area contributed by atoms with E-state index in [0.717, 1.165) is 0 Å². The molecule has 25 nitrogen and oxygen atoms in total. The first-order chi connectivity index (χ1) is 35.6. The molecule has 2 fully saturated rings. The number of amides is 2. The van der Waals surface area contributed by atoms with Crippen LogP contribution in [0.3, 0.4) is 0 Å². The van der Waals surface area contributed by atoms with Crippen molar-refractivity contribution in [2.24, 2.45) is 0 Å². The zero-order chi connectivity index (χ0) is 53.4. The maximum absolute atomic E-state index is 12.9. The number of ether oxygens (including phenoxy) is 5. The highest BCUT2D eigenvalue weighted by Gasteiger charge is 2.26. The Bertz CT molecular complexity index is 2210. The quantitative estimate of drug-likeness (QED) is 0.0490. The van der Waals surface area contributed by atoms with Gasteiger partial charge >= 0.3 is 23.9 Å². The first kappa shape index (κ1) is 58.7. The van der Waals surface area contributed by atoms with Gasteiger partial charge in [0, 0.05) is 90.9 Å². The predicted octanol–water partition coefficient (Wildman–Crippen LogP) is 0.592. The van der Waals surface area contributed by atoms with Crippen molar-refractivity contribution in [2.45, 2.75) is 45.1 Å². The minimum atomic E-state index is -1.03. The Hall–Kier alpha value is -6.19. The van der Waals surface area contributed by atoms with E-state index in [1.807, 2.05) is 23.6 Å². The number of aliphatic carboxylic acids is 3. The number of aromatic hydroxyl groups is 3. The molecule has 0 saturated carbocycles. The minimum Gasteiger partial charge on any atom is -0.508 e. The number of carboxylic acid groups (broad SMARTS) is 3. The number of phenolic OH excluding ortho intramolecular Hbond substituents is 2. The second-order valence-electron chi connectivity index (χ2n) is 18.3. The first-order valence-electron chi connectivity index (χ1n) is 24.9. The Morgan fingerprint density at radius 3 is 1.57 bits per heavy atom.